The zero-order chi connectivity index (χ0) is 25.8. The number of likely N-dealkylation sites (tertiary alicyclic amines) is 1. The molecule has 1 saturated heterocycles. The average molecular weight is 495 g/mol. The molecule has 0 unspecified atom stereocenters. The molecule has 0 atom stereocenters. The quantitative estimate of drug-likeness (QED) is 0.412. The highest BCUT2D eigenvalue weighted by Crippen LogP contribution is 2.25. The number of nitrogen functional groups attached to an aromatic ring is 1. The second-order valence-corrected chi connectivity index (χ2v) is 9.40. The molecule has 2 aliphatic rings. The lowest BCUT2D eigenvalue weighted by molar-refractivity contribution is 0.331. The van der Waals surface area contributed by atoms with Gasteiger partial charge in [0.05, 0.1) is 11.3 Å². The van der Waals surface area contributed by atoms with E-state index in [0.29, 0.717) is 23.0 Å². The van der Waals surface area contributed by atoms with Crippen molar-refractivity contribution in [1.29, 1.82) is 0 Å². The summed E-state index contributed by atoms with van der Waals surface area (Å²) in [6, 6.07) is 9.99. The van der Waals surface area contributed by atoms with E-state index in [-0.39, 0.29) is 5.82 Å². The van der Waals surface area contributed by atoms with Gasteiger partial charge in [0.25, 0.3) is 0 Å². The molecular formula is C28H39FN6O. The van der Waals surface area contributed by atoms with Crippen LogP contribution in [0.25, 0.3) is 11.3 Å². The van der Waals surface area contributed by atoms with Crippen molar-refractivity contribution >= 4 is 17.5 Å². The van der Waals surface area contributed by atoms with Gasteiger partial charge in [-0.15, -0.1) is 0 Å². The van der Waals surface area contributed by atoms with E-state index in [0.717, 1.165) is 38.4 Å². The number of pyridine rings is 1. The van der Waals surface area contributed by atoms with Crippen LogP contribution in [-0.4, -0.2) is 45.2 Å². The van der Waals surface area contributed by atoms with E-state index in [2.05, 4.69) is 38.2 Å². The summed E-state index contributed by atoms with van der Waals surface area (Å²) in [6.45, 7) is 5.61. The maximum absolute atomic E-state index is 13.0. The Morgan fingerprint density at radius 2 is 1.64 bits per heavy atom. The second kappa shape index (κ2) is 14.5. The standard InChI is InChI=1S/C20H21FN6.C7H14.CH4O/c21-15-4-6-16(7-5-15)25-20-24-12-17(19(22)26-20)18-8-3-14(11-23-18)13-27-9-1-2-10-27;1-7-5-3-2-4-6-7;1-2/h3-8,11-12H,1-2,9-10,13H2,(H3,22,24,25,26);7H,2-6H2,1H3;2H,1H3. The van der Waals surface area contributed by atoms with Crippen molar-refractivity contribution in [3.63, 3.8) is 0 Å². The third-order valence-electron chi connectivity index (χ3n) is 6.52. The van der Waals surface area contributed by atoms with E-state index in [9.17, 15) is 4.39 Å². The minimum atomic E-state index is -0.296. The van der Waals surface area contributed by atoms with Crippen LogP contribution in [-0.2, 0) is 6.54 Å². The van der Waals surface area contributed by atoms with E-state index < -0.39 is 0 Å². The van der Waals surface area contributed by atoms with Crippen LogP contribution in [0.15, 0.2) is 48.8 Å². The molecule has 1 aromatic carbocycles. The molecular weight excluding hydrogens is 455 g/mol. The largest absolute Gasteiger partial charge is 0.400 e. The number of benzene rings is 1. The number of nitrogens with one attached hydrogen (secondary N) is 1. The second-order valence-electron chi connectivity index (χ2n) is 9.40. The SMILES string of the molecule is CC1CCCCC1.CO.Nc1nc(Nc2ccc(F)cc2)ncc1-c1ccc(CN2CCCC2)cn1. The smallest absolute Gasteiger partial charge is 0.229 e. The summed E-state index contributed by atoms with van der Waals surface area (Å²) < 4.78 is 13.0. The van der Waals surface area contributed by atoms with Crippen LogP contribution in [0.5, 0.6) is 0 Å². The van der Waals surface area contributed by atoms with Crippen molar-refractivity contribution in [3.8, 4) is 11.3 Å². The molecule has 1 saturated carbocycles. The van der Waals surface area contributed by atoms with Gasteiger partial charge in [-0.25, -0.2) is 9.37 Å². The van der Waals surface area contributed by atoms with Gasteiger partial charge in [0.1, 0.15) is 11.6 Å². The highest BCUT2D eigenvalue weighted by molar-refractivity contribution is 5.71. The predicted octanol–water partition coefficient (Wildman–Crippen LogP) is 5.79. The Morgan fingerprint density at radius 3 is 2.19 bits per heavy atom. The fourth-order valence-electron chi connectivity index (χ4n) is 4.50. The molecule has 2 fully saturated rings. The third kappa shape index (κ3) is 8.53. The lowest BCUT2D eigenvalue weighted by Gasteiger charge is -2.15. The van der Waals surface area contributed by atoms with Crippen LogP contribution in [0.1, 0.15) is 57.4 Å². The molecule has 194 valence electrons. The van der Waals surface area contributed by atoms with Gasteiger partial charge in [-0.05, 0) is 67.7 Å². The summed E-state index contributed by atoms with van der Waals surface area (Å²) in [4.78, 5) is 15.5. The van der Waals surface area contributed by atoms with E-state index in [1.54, 1.807) is 18.3 Å². The zero-order valence-electron chi connectivity index (χ0n) is 21.5. The number of nitrogens with two attached hydrogens (primary N) is 1. The van der Waals surface area contributed by atoms with Gasteiger partial charge >= 0.3 is 0 Å². The number of aliphatic hydroxyl groups excluding tert-OH is 1. The number of anilines is 3. The van der Waals surface area contributed by atoms with Crippen molar-refractivity contribution in [2.75, 3.05) is 31.2 Å². The number of aliphatic hydroxyl groups is 1. The van der Waals surface area contributed by atoms with Crippen LogP contribution < -0.4 is 11.1 Å². The van der Waals surface area contributed by atoms with E-state index in [1.165, 1.54) is 62.6 Å². The predicted molar refractivity (Wildman–Crippen MR) is 144 cm³/mol. The normalized spacial score (nSPS) is 15.9. The molecule has 1 aliphatic heterocycles. The summed E-state index contributed by atoms with van der Waals surface area (Å²) in [6.07, 6.45) is 13.5. The van der Waals surface area contributed by atoms with Crippen molar-refractivity contribution in [3.05, 3.63) is 60.2 Å². The Kier molecular flexibility index (Phi) is 11.0. The van der Waals surface area contributed by atoms with Crippen LogP contribution in [0.3, 0.4) is 0 Å². The minimum Gasteiger partial charge on any atom is -0.400 e. The first-order chi connectivity index (χ1) is 17.6. The van der Waals surface area contributed by atoms with Crippen molar-refractivity contribution < 1.29 is 9.50 Å². The van der Waals surface area contributed by atoms with Crippen LogP contribution in [0.4, 0.5) is 21.8 Å². The van der Waals surface area contributed by atoms with Gasteiger partial charge in [0, 0.05) is 31.7 Å². The molecule has 8 heteroatoms. The van der Waals surface area contributed by atoms with Gasteiger partial charge < -0.3 is 16.2 Å². The molecule has 0 amide bonds. The molecule has 0 radical (unpaired) electrons. The Bertz CT molecular complexity index is 1030. The summed E-state index contributed by atoms with van der Waals surface area (Å²) in [5, 5.41) is 10.0. The summed E-state index contributed by atoms with van der Waals surface area (Å²) in [5.74, 6) is 1.44. The Balaban J connectivity index is 0.000000342. The number of aromatic nitrogens is 3. The first-order valence-corrected chi connectivity index (χ1v) is 12.8. The Morgan fingerprint density at radius 1 is 0.944 bits per heavy atom. The van der Waals surface area contributed by atoms with Crippen molar-refractivity contribution in [1.82, 2.24) is 19.9 Å². The van der Waals surface area contributed by atoms with E-state index in [4.69, 9.17) is 10.8 Å². The molecule has 1 aliphatic carbocycles. The summed E-state index contributed by atoms with van der Waals surface area (Å²) >= 11 is 0. The highest BCUT2D eigenvalue weighted by Gasteiger charge is 2.13. The number of rotatable bonds is 5. The average Bonchev–Trinajstić information content (AvgIpc) is 3.41. The Labute approximate surface area is 214 Å². The van der Waals surface area contributed by atoms with E-state index >= 15 is 0 Å². The van der Waals surface area contributed by atoms with Crippen LogP contribution in [0, 0.1) is 11.7 Å². The van der Waals surface area contributed by atoms with Gasteiger partial charge in [-0.2, -0.15) is 4.98 Å². The van der Waals surface area contributed by atoms with Gasteiger partial charge in [0.15, 0.2) is 0 Å². The monoisotopic (exact) mass is 494 g/mol. The first kappa shape index (κ1) is 27.5. The highest BCUT2D eigenvalue weighted by atomic mass is 19.1. The molecule has 7 nitrogen and oxygen atoms in total. The molecule has 36 heavy (non-hydrogen) atoms. The van der Waals surface area contributed by atoms with Crippen molar-refractivity contribution in [2.24, 2.45) is 5.92 Å². The Hall–Kier alpha value is -3.10. The molecule has 0 bridgehead atoms. The summed E-state index contributed by atoms with van der Waals surface area (Å²) in [7, 11) is 1.00. The lowest BCUT2D eigenvalue weighted by atomic mass is 9.91. The first-order valence-electron chi connectivity index (χ1n) is 12.8. The maximum Gasteiger partial charge on any atom is 0.229 e. The topological polar surface area (TPSA) is 100 Å². The van der Waals surface area contributed by atoms with E-state index in [1.807, 2.05) is 12.3 Å². The molecule has 3 aromatic rings. The fourth-order valence-corrected chi connectivity index (χ4v) is 4.50. The number of hydrogen-bond acceptors (Lipinski definition) is 7. The molecule has 4 N–H and O–H groups in total. The maximum atomic E-state index is 13.0. The van der Waals surface area contributed by atoms with Gasteiger partial charge in [-0.1, -0.05) is 45.1 Å². The molecule has 5 rings (SSSR count). The zero-order valence-corrected chi connectivity index (χ0v) is 21.5. The molecule has 3 heterocycles. The van der Waals surface area contributed by atoms with Crippen LogP contribution in [0.2, 0.25) is 0 Å². The molecule has 2 aromatic heterocycles. The fraction of sp³-hybridized carbons (Fsp3) is 0.464. The van der Waals surface area contributed by atoms with Crippen LogP contribution >= 0.6 is 0 Å². The lowest BCUT2D eigenvalue weighted by Crippen LogP contribution is -2.18. The number of hydrogen-bond donors (Lipinski definition) is 3. The third-order valence-corrected chi connectivity index (χ3v) is 6.52. The summed E-state index contributed by atoms with van der Waals surface area (Å²) in [5.41, 5.74) is 9.41. The number of nitrogens with zero attached hydrogens (tertiary/aromatic N) is 4. The van der Waals surface area contributed by atoms with Gasteiger partial charge in [-0.3, -0.25) is 9.88 Å². The van der Waals surface area contributed by atoms with Gasteiger partial charge in [0.2, 0.25) is 5.95 Å². The van der Waals surface area contributed by atoms with Crippen molar-refractivity contribution in [2.45, 2.75) is 58.4 Å². The minimum absolute atomic E-state index is 0.296. The number of halogens is 1. The molecule has 0 spiro atoms.